The maximum Gasteiger partial charge on any atom is 0.338 e. The molecule has 10 heteroatoms. The molecule has 1 aliphatic rings. The van der Waals surface area contributed by atoms with Crippen LogP contribution in [0.3, 0.4) is 0 Å². The Bertz CT molecular complexity index is 1240. The van der Waals surface area contributed by atoms with E-state index >= 15 is 0 Å². The van der Waals surface area contributed by atoms with Crippen LogP contribution in [0.15, 0.2) is 68.8 Å². The monoisotopic (exact) mass is 479 g/mol. The second kappa shape index (κ2) is 10.7. The van der Waals surface area contributed by atoms with Crippen LogP contribution in [0.1, 0.15) is 36.8 Å². The molecule has 0 aliphatic carbocycles. The van der Waals surface area contributed by atoms with Crippen molar-refractivity contribution in [1.82, 2.24) is 15.6 Å². The Balaban J connectivity index is 1.43. The number of carbonyl (C=O) groups is 3. The van der Waals surface area contributed by atoms with Crippen molar-refractivity contribution in [2.75, 3.05) is 13.2 Å². The normalized spacial score (nSPS) is 15.4. The van der Waals surface area contributed by atoms with E-state index in [0.29, 0.717) is 23.2 Å². The van der Waals surface area contributed by atoms with Crippen molar-refractivity contribution in [2.45, 2.75) is 32.7 Å². The standard InChI is InChI=1S/C25H25N3O7/c1-3-32-24(30)22-17(27-25(31)28-23(22)18-10-9-15(2)34-18)14-33-21(29)12-11-20-26-13-19(35-20)16-7-5-4-6-8-16/h4-10,13,23H,3,11-12,14H2,1-2H3,(H2,27,28,31). The number of benzene rings is 1. The summed E-state index contributed by atoms with van der Waals surface area (Å²) >= 11 is 0. The summed E-state index contributed by atoms with van der Waals surface area (Å²) in [6.45, 7) is 3.23. The number of aromatic nitrogens is 1. The highest BCUT2D eigenvalue weighted by Crippen LogP contribution is 2.29. The first-order valence-electron chi connectivity index (χ1n) is 11.1. The van der Waals surface area contributed by atoms with E-state index in [0.717, 1.165) is 5.56 Å². The smallest absolute Gasteiger partial charge is 0.338 e. The van der Waals surface area contributed by atoms with E-state index in [1.807, 2.05) is 30.3 Å². The van der Waals surface area contributed by atoms with Crippen molar-refractivity contribution in [2.24, 2.45) is 0 Å². The molecule has 2 amide bonds. The van der Waals surface area contributed by atoms with Crippen molar-refractivity contribution < 1.29 is 32.7 Å². The molecule has 0 spiro atoms. The molecule has 2 aromatic heterocycles. The molecule has 3 aromatic rings. The average molecular weight is 479 g/mol. The van der Waals surface area contributed by atoms with Crippen LogP contribution in [0, 0.1) is 6.92 Å². The zero-order valence-corrected chi connectivity index (χ0v) is 19.3. The molecule has 3 heterocycles. The minimum Gasteiger partial charge on any atom is -0.464 e. The van der Waals surface area contributed by atoms with E-state index in [4.69, 9.17) is 18.3 Å². The summed E-state index contributed by atoms with van der Waals surface area (Å²) in [4.78, 5) is 41.6. The second-order valence-corrected chi connectivity index (χ2v) is 7.74. The van der Waals surface area contributed by atoms with Crippen molar-refractivity contribution in [3.63, 3.8) is 0 Å². The predicted octanol–water partition coefficient (Wildman–Crippen LogP) is 3.59. The molecule has 2 N–H and O–H groups in total. The largest absolute Gasteiger partial charge is 0.464 e. The van der Waals surface area contributed by atoms with Crippen LogP contribution in [0.4, 0.5) is 4.79 Å². The van der Waals surface area contributed by atoms with Gasteiger partial charge in [-0.3, -0.25) is 4.79 Å². The Morgan fingerprint density at radius 2 is 1.89 bits per heavy atom. The van der Waals surface area contributed by atoms with Gasteiger partial charge in [-0.25, -0.2) is 14.6 Å². The number of esters is 2. The molecule has 1 unspecified atom stereocenters. The summed E-state index contributed by atoms with van der Waals surface area (Å²) in [5.41, 5.74) is 1.12. The predicted molar refractivity (Wildman–Crippen MR) is 123 cm³/mol. The summed E-state index contributed by atoms with van der Waals surface area (Å²) in [6.07, 6.45) is 1.84. The minimum absolute atomic E-state index is 0.00374. The van der Waals surface area contributed by atoms with E-state index in [1.165, 1.54) is 0 Å². The van der Waals surface area contributed by atoms with E-state index in [2.05, 4.69) is 15.6 Å². The molecule has 0 saturated heterocycles. The summed E-state index contributed by atoms with van der Waals surface area (Å²) in [6, 6.07) is 11.4. The molecule has 0 bridgehead atoms. The van der Waals surface area contributed by atoms with E-state index in [1.54, 1.807) is 32.2 Å². The number of nitrogens with one attached hydrogen (secondary N) is 2. The van der Waals surface area contributed by atoms with Gasteiger partial charge in [0.05, 0.1) is 30.5 Å². The number of rotatable bonds is 9. The zero-order valence-electron chi connectivity index (χ0n) is 19.3. The van der Waals surface area contributed by atoms with E-state index < -0.39 is 24.0 Å². The molecular weight excluding hydrogens is 454 g/mol. The lowest BCUT2D eigenvalue weighted by Gasteiger charge is -2.27. The van der Waals surface area contributed by atoms with Crippen molar-refractivity contribution in [3.8, 4) is 11.3 Å². The van der Waals surface area contributed by atoms with Gasteiger partial charge in [0.2, 0.25) is 0 Å². The van der Waals surface area contributed by atoms with Gasteiger partial charge in [-0.1, -0.05) is 30.3 Å². The summed E-state index contributed by atoms with van der Waals surface area (Å²) in [7, 11) is 0. The molecule has 182 valence electrons. The highest BCUT2D eigenvalue weighted by Gasteiger charge is 2.36. The van der Waals surface area contributed by atoms with E-state index in [-0.39, 0.29) is 37.3 Å². The first-order chi connectivity index (χ1) is 16.9. The SMILES string of the molecule is CCOC(=O)C1=C(COC(=O)CCc2ncc(-c3ccccc3)o2)NC(=O)NC1c1ccc(C)o1. The Morgan fingerprint density at radius 1 is 1.09 bits per heavy atom. The average Bonchev–Trinajstić information content (AvgIpc) is 3.51. The van der Waals surface area contributed by atoms with Crippen molar-refractivity contribution in [1.29, 1.82) is 0 Å². The topological polar surface area (TPSA) is 133 Å². The summed E-state index contributed by atoms with van der Waals surface area (Å²) < 4.78 is 21.8. The van der Waals surface area contributed by atoms with Gasteiger partial charge in [-0.2, -0.15) is 0 Å². The molecule has 0 saturated carbocycles. The number of ether oxygens (including phenoxy) is 2. The minimum atomic E-state index is -0.881. The fourth-order valence-corrected chi connectivity index (χ4v) is 3.60. The third-order valence-corrected chi connectivity index (χ3v) is 5.23. The number of nitrogens with zero attached hydrogens (tertiary/aromatic N) is 1. The highest BCUT2D eigenvalue weighted by atomic mass is 16.5. The third-order valence-electron chi connectivity index (χ3n) is 5.23. The van der Waals surface area contributed by atoms with Crippen LogP contribution in [-0.4, -0.2) is 36.2 Å². The van der Waals surface area contributed by atoms with Gasteiger partial charge in [-0.15, -0.1) is 0 Å². The van der Waals surface area contributed by atoms with Crippen LogP contribution >= 0.6 is 0 Å². The van der Waals surface area contributed by atoms with Gasteiger partial charge in [0.1, 0.15) is 24.2 Å². The fraction of sp³-hybridized carbons (Fsp3) is 0.280. The number of furan rings is 1. The van der Waals surface area contributed by atoms with E-state index in [9.17, 15) is 14.4 Å². The molecule has 0 fully saturated rings. The fourth-order valence-electron chi connectivity index (χ4n) is 3.60. The number of amides is 2. The Hall–Kier alpha value is -4.34. The maximum absolute atomic E-state index is 12.7. The summed E-state index contributed by atoms with van der Waals surface area (Å²) in [5.74, 6) is 0.787. The van der Waals surface area contributed by atoms with Crippen LogP contribution in [0.25, 0.3) is 11.3 Å². The number of hydrogen-bond acceptors (Lipinski definition) is 8. The van der Waals surface area contributed by atoms with Crippen LogP contribution in [-0.2, 0) is 25.5 Å². The lowest BCUT2D eigenvalue weighted by molar-refractivity contribution is -0.143. The quantitative estimate of drug-likeness (QED) is 0.445. The molecule has 35 heavy (non-hydrogen) atoms. The molecule has 1 atom stereocenters. The van der Waals surface area contributed by atoms with Gasteiger partial charge >= 0.3 is 18.0 Å². The van der Waals surface area contributed by atoms with Gasteiger partial charge < -0.3 is 28.9 Å². The van der Waals surface area contributed by atoms with Crippen molar-refractivity contribution in [3.05, 3.63) is 77.3 Å². The zero-order chi connectivity index (χ0) is 24.8. The first-order valence-corrected chi connectivity index (χ1v) is 11.1. The number of oxazole rings is 1. The first kappa shape index (κ1) is 23.8. The van der Waals surface area contributed by atoms with Crippen LogP contribution in [0.2, 0.25) is 0 Å². The van der Waals surface area contributed by atoms with Gasteiger partial charge in [-0.05, 0) is 26.0 Å². The highest BCUT2D eigenvalue weighted by molar-refractivity contribution is 5.95. The lowest BCUT2D eigenvalue weighted by Crippen LogP contribution is -2.47. The lowest BCUT2D eigenvalue weighted by atomic mass is 10.0. The number of urea groups is 1. The maximum atomic E-state index is 12.7. The summed E-state index contributed by atoms with van der Waals surface area (Å²) in [5, 5.41) is 5.19. The number of hydrogen-bond donors (Lipinski definition) is 2. The second-order valence-electron chi connectivity index (χ2n) is 7.74. The Kier molecular flexibility index (Phi) is 7.30. The van der Waals surface area contributed by atoms with Crippen molar-refractivity contribution >= 4 is 18.0 Å². The van der Waals surface area contributed by atoms with Gasteiger partial charge in [0, 0.05) is 12.0 Å². The number of carbonyl (C=O) groups excluding carboxylic acids is 3. The molecule has 4 rings (SSSR count). The van der Waals surface area contributed by atoms with Crippen LogP contribution < -0.4 is 10.6 Å². The molecular formula is C25H25N3O7. The Labute approximate surface area is 201 Å². The third kappa shape index (κ3) is 5.78. The molecule has 1 aliphatic heterocycles. The molecule has 1 aromatic carbocycles. The van der Waals surface area contributed by atoms with Gasteiger partial charge in [0.25, 0.3) is 0 Å². The van der Waals surface area contributed by atoms with Crippen LogP contribution in [0.5, 0.6) is 0 Å². The van der Waals surface area contributed by atoms with Gasteiger partial charge in [0.15, 0.2) is 11.7 Å². The Morgan fingerprint density at radius 3 is 2.60 bits per heavy atom. The number of aryl methyl sites for hydroxylation is 2. The molecule has 10 nitrogen and oxygen atoms in total. The molecule has 0 radical (unpaired) electrons.